The van der Waals surface area contributed by atoms with E-state index < -0.39 is 9.84 Å². The minimum absolute atomic E-state index is 0.0943. The van der Waals surface area contributed by atoms with Gasteiger partial charge in [-0.2, -0.15) is 0 Å². The van der Waals surface area contributed by atoms with Crippen LogP contribution in [0.5, 0.6) is 5.75 Å². The molecule has 2 heterocycles. The number of hydrogen-bond acceptors (Lipinski definition) is 5. The average Bonchev–Trinajstić information content (AvgIpc) is 3.17. The van der Waals surface area contributed by atoms with E-state index >= 15 is 0 Å². The third kappa shape index (κ3) is 3.82. The third-order valence-corrected chi connectivity index (χ3v) is 8.07. The number of anilines is 1. The van der Waals surface area contributed by atoms with Gasteiger partial charge in [-0.15, -0.1) is 17.8 Å². The molecule has 0 radical (unpaired) electrons. The smallest absolute Gasteiger partial charge is 0.225 e. The number of carbonyl (C=O) groups is 1. The zero-order valence-electron chi connectivity index (χ0n) is 15.6. The second kappa shape index (κ2) is 8.15. The second-order valence-corrected chi connectivity index (χ2v) is 9.93. The fourth-order valence-corrected chi connectivity index (χ4v) is 6.37. The zero-order valence-corrected chi connectivity index (χ0v) is 18.0. The molecule has 3 aromatic rings. The van der Waals surface area contributed by atoms with Gasteiger partial charge in [0.25, 0.3) is 0 Å². The van der Waals surface area contributed by atoms with E-state index in [1.54, 1.807) is 17.5 Å². The molecule has 0 fully saturated rings. The van der Waals surface area contributed by atoms with Crippen LogP contribution in [0.25, 0.3) is 0 Å². The summed E-state index contributed by atoms with van der Waals surface area (Å²) in [5, 5.41) is 4.78. The Morgan fingerprint density at radius 2 is 1.87 bits per heavy atom. The lowest BCUT2D eigenvalue weighted by molar-refractivity contribution is -0.116. The van der Waals surface area contributed by atoms with Crippen LogP contribution in [0.1, 0.15) is 22.8 Å². The Morgan fingerprint density at radius 1 is 1.17 bits per heavy atom. The van der Waals surface area contributed by atoms with E-state index in [0.717, 1.165) is 10.4 Å². The fraction of sp³-hybridized carbons (Fsp3) is 0.136. The molecule has 1 N–H and O–H groups in total. The molecular formula is C22H16ClNO4S2. The number of thiophene rings is 1. The molecule has 2 aromatic carbocycles. The number of amides is 1. The molecule has 1 aromatic heterocycles. The molecule has 1 aliphatic heterocycles. The van der Waals surface area contributed by atoms with Crippen LogP contribution in [0.15, 0.2) is 63.7 Å². The van der Waals surface area contributed by atoms with Crippen molar-refractivity contribution in [2.45, 2.75) is 22.1 Å². The minimum Gasteiger partial charge on any atom is -0.481 e. The Hall–Kier alpha value is -2.79. The monoisotopic (exact) mass is 457 g/mol. The van der Waals surface area contributed by atoms with Crippen LogP contribution < -0.4 is 10.1 Å². The number of halogens is 1. The molecule has 0 unspecified atom stereocenters. The standard InChI is InChI=1S/C22H16ClNO4S2/c1-2-11-28-16-7-3-14(4-8-16)18-12-20(25)24-21-19(13-29-22(18)21)30(26,27)17-9-5-15(23)6-10-17/h1,3-10,13,18H,11-12H2,(H,24,25)/t18-/m0/s1. The summed E-state index contributed by atoms with van der Waals surface area (Å²) in [5.41, 5.74) is 1.25. The van der Waals surface area contributed by atoms with Crippen molar-refractivity contribution < 1.29 is 17.9 Å². The molecule has 1 amide bonds. The first-order valence-electron chi connectivity index (χ1n) is 8.98. The Morgan fingerprint density at radius 3 is 2.53 bits per heavy atom. The molecular weight excluding hydrogens is 442 g/mol. The van der Waals surface area contributed by atoms with Crippen LogP contribution in [0, 0.1) is 12.3 Å². The molecule has 30 heavy (non-hydrogen) atoms. The van der Waals surface area contributed by atoms with Gasteiger partial charge in [0.1, 0.15) is 17.3 Å². The molecule has 0 spiro atoms. The second-order valence-electron chi connectivity index (χ2n) is 6.66. The maximum atomic E-state index is 13.2. The molecule has 4 rings (SSSR count). The Bertz CT molecular complexity index is 1240. The lowest BCUT2D eigenvalue weighted by Gasteiger charge is -2.24. The first kappa shape index (κ1) is 20.5. The largest absolute Gasteiger partial charge is 0.481 e. The van der Waals surface area contributed by atoms with Gasteiger partial charge in [-0.1, -0.05) is 29.7 Å². The maximum absolute atomic E-state index is 13.2. The number of benzene rings is 2. The van der Waals surface area contributed by atoms with E-state index in [9.17, 15) is 13.2 Å². The highest BCUT2D eigenvalue weighted by molar-refractivity contribution is 7.91. The first-order valence-corrected chi connectivity index (χ1v) is 11.7. The summed E-state index contributed by atoms with van der Waals surface area (Å²) in [4.78, 5) is 13.4. The first-order chi connectivity index (χ1) is 14.4. The topological polar surface area (TPSA) is 72.5 Å². The number of terminal acetylenes is 1. The molecule has 0 aliphatic carbocycles. The van der Waals surface area contributed by atoms with Crippen molar-refractivity contribution in [3.63, 3.8) is 0 Å². The predicted octanol–water partition coefficient (Wildman–Crippen LogP) is 4.72. The number of fused-ring (bicyclic) bond motifs is 1. The highest BCUT2D eigenvalue weighted by atomic mass is 35.5. The Kier molecular flexibility index (Phi) is 5.56. The van der Waals surface area contributed by atoms with Crippen molar-refractivity contribution in [3.05, 3.63) is 69.4 Å². The molecule has 152 valence electrons. The van der Waals surface area contributed by atoms with Gasteiger partial charge in [0.15, 0.2) is 0 Å². The van der Waals surface area contributed by atoms with Gasteiger partial charge < -0.3 is 10.1 Å². The molecule has 1 aliphatic rings. The minimum atomic E-state index is -3.80. The number of sulfone groups is 1. The SMILES string of the molecule is C#CCOc1ccc([C@@H]2CC(=O)Nc3c(S(=O)(=O)c4ccc(Cl)cc4)csc32)cc1. The van der Waals surface area contributed by atoms with Crippen molar-refractivity contribution in [2.75, 3.05) is 11.9 Å². The third-order valence-electron chi connectivity index (χ3n) is 4.77. The van der Waals surface area contributed by atoms with Crippen LogP contribution in [0.4, 0.5) is 5.69 Å². The molecule has 0 saturated heterocycles. The molecule has 5 nitrogen and oxygen atoms in total. The van der Waals surface area contributed by atoms with Gasteiger partial charge in [-0.05, 0) is 42.0 Å². The fourth-order valence-electron chi connectivity index (χ4n) is 3.33. The van der Waals surface area contributed by atoms with E-state index in [1.807, 2.05) is 12.1 Å². The van der Waals surface area contributed by atoms with Gasteiger partial charge in [-0.25, -0.2) is 8.42 Å². The van der Waals surface area contributed by atoms with Crippen molar-refractivity contribution in [1.29, 1.82) is 0 Å². The highest BCUT2D eigenvalue weighted by Gasteiger charge is 2.34. The average molecular weight is 458 g/mol. The van der Waals surface area contributed by atoms with E-state index in [-0.39, 0.29) is 34.6 Å². The highest BCUT2D eigenvalue weighted by Crippen LogP contribution is 2.46. The molecule has 0 saturated carbocycles. The summed E-state index contributed by atoms with van der Waals surface area (Å²) >= 11 is 7.20. The maximum Gasteiger partial charge on any atom is 0.225 e. The normalized spacial score (nSPS) is 15.7. The van der Waals surface area contributed by atoms with E-state index in [2.05, 4.69) is 11.2 Å². The van der Waals surface area contributed by atoms with Crippen molar-refractivity contribution in [3.8, 4) is 18.1 Å². The number of carbonyl (C=O) groups excluding carboxylic acids is 1. The summed E-state index contributed by atoms with van der Waals surface area (Å²) in [7, 11) is -3.80. The van der Waals surface area contributed by atoms with Crippen molar-refractivity contribution in [2.24, 2.45) is 0 Å². The number of nitrogens with one attached hydrogen (secondary N) is 1. The van der Waals surface area contributed by atoms with Crippen LogP contribution in [-0.2, 0) is 14.6 Å². The van der Waals surface area contributed by atoms with E-state index in [1.165, 1.54) is 35.6 Å². The Balaban J connectivity index is 1.72. The van der Waals surface area contributed by atoms with Gasteiger partial charge in [-0.3, -0.25) is 4.79 Å². The van der Waals surface area contributed by atoms with Crippen molar-refractivity contribution in [1.82, 2.24) is 0 Å². The zero-order chi connectivity index (χ0) is 21.3. The summed E-state index contributed by atoms with van der Waals surface area (Å²) in [5.74, 6) is 2.57. The summed E-state index contributed by atoms with van der Waals surface area (Å²) in [6.07, 6.45) is 5.44. The Labute approximate surface area is 183 Å². The van der Waals surface area contributed by atoms with Crippen LogP contribution in [0.3, 0.4) is 0 Å². The number of ether oxygens (including phenoxy) is 1. The summed E-state index contributed by atoms with van der Waals surface area (Å²) in [6.45, 7) is 0.173. The van der Waals surface area contributed by atoms with E-state index in [4.69, 9.17) is 22.8 Å². The molecule has 8 heteroatoms. The van der Waals surface area contributed by atoms with Gasteiger partial charge in [0, 0.05) is 27.6 Å². The van der Waals surface area contributed by atoms with E-state index in [0.29, 0.717) is 16.5 Å². The quantitative estimate of drug-likeness (QED) is 0.562. The molecule has 1 atom stereocenters. The molecule has 0 bridgehead atoms. The summed E-state index contributed by atoms with van der Waals surface area (Å²) < 4.78 is 31.7. The summed E-state index contributed by atoms with van der Waals surface area (Å²) in [6, 6.07) is 13.3. The predicted molar refractivity (Wildman–Crippen MR) is 117 cm³/mol. The van der Waals surface area contributed by atoms with Gasteiger partial charge in [0.05, 0.1) is 10.6 Å². The van der Waals surface area contributed by atoms with Gasteiger partial charge in [0.2, 0.25) is 15.7 Å². The van der Waals surface area contributed by atoms with Crippen LogP contribution >= 0.6 is 22.9 Å². The van der Waals surface area contributed by atoms with Crippen LogP contribution in [-0.4, -0.2) is 20.9 Å². The number of hydrogen-bond donors (Lipinski definition) is 1. The van der Waals surface area contributed by atoms with Crippen LogP contribution in [0.2, 0.25) is 5.02 Å². The lowest BCUT2D eigenvalue weighted by Crippen LogP contribution is -2.23. The van der Waals surface area contributed by atoms with Crippen molar-refractivity contribution >= 4 is 44.4 Å². The lowest BCUT2D eigenvalue weighted by atomic mass is 9.90. The number of rotatable bonds is 5. The van der Waals surface area contributed by atoms with Gasteiger partial charge >= 0.3 is 0 Å².